The second-order valence-corrected chi connectivity index (χ2v) is 10.1. The van der Waals surface area contributed by atoms with Crippen LogP contribution < -0.4 is 16.4 Å². The Morgan fingerprint density at radius 2 is 1.75 bits per heavy atom. The highest BCUT2D eigenvalue weighted by atomic mass is 35.5. The highest BCUT2D eigenvalue weighted by molar-refractivity contribution is 6.31. The van der Waals surface area contributed by atoms with Crippen LogP contribution in [0.5, 0.6) is 0 Å². The minimum atomic E-state index is -4.95. The van der Waals surface area contributed by atoms with Crippen molar-refractivity contribution in [3.8, 4) is 11.1 Å². The van der Waals surface area contributed by atoms with Gasteiger partial charge in [-0.05, 0) is 66.2 Å². The van der Waals surface area contributed by atoms with Gasteiger partial charge in [-0.2, -0.15) is 18.3 Å². The van der Waals surface area contributed by atoms with Gasteiger partial charge in [-0.15, -0.1) is 0 Å². The lowest BCUT2D eigenvalue weighted by atomic mass is 9.92. The van der Waals surface area contributed by atoms with E-state index in [1.54, 1.807) is 0 Å². The van der Waals surface area contributed by atoms with Crippen LogP contribution in [0.3, 0.4) is 0 Å². The SMILES string of the molecule is NC(=O)c1c(-c2cc(NC(=O)c3cc(F)cc(C(F)(F)F)c3)c3c(c2)C(=O)NC3c2cc(F)ccc2Cl)ccc2ncnn12. The van der Waals surface area contributed by atoms with Gasteiger partial charge < -0.3 is 16.4 Å². The quantitative estimate of drug-likeness (QED) is 0.221. The lowest BCUT2D eigenvalue weighted by Gasteiger charge is -2.19. The molecule has 0 fully saturated rings. The van der Waals surface area contributed by atoms with Gasteiger partial charge in [0.1, 0.15) is 23.7 Å². The lowest BCUT2D eigenvalue weighted by Crippen LogP contribution is -2.21. The number of hydrogen-bond acceptors (Lipinski definition) is 5. The fourth-order valence-corrected chi connectivity index (χ4v) is 5.32. The van der Waals surface area contributed by atoms with E-state index in [1.807, 2.05) is 0 Å². The van der Waals surface area contributed by atoms with E-state index in [-0.39, 0.29) is 55.9 Å². The fraction of sp³-hybridized carbons (Fsp3) is 0.0690. The summed E-state index contributed by atoms with van der Waals surface area (Å²) in [6.07, 6.45) is -3.76. The van der Waals surface area contributed by atoms with Crippen LogP contribution >= 0.6 is 11.6 Å². The average Bonchev–Trinajstić information content (AvgIpc) is 3.57. The summed E-state index contributed by atoms with van der Waals surface area (Å²) in [5, 5.41) is 9.20. The Hall–Kier alpha value is -5.37. The van der Waals surface area contributed by atoms with Crippen molar-refractivity contribution in [1.29, 1.82) is 0 Å². The predicted octanol–water partition coefficient (Wildman–Crippen LogP) is 5.53. The van der Waals surface area contributed by atoms with E-state index in [9.17, 15) is 36.3 Å². The summed E-state index contributed by atoms with van der Waals surface area (Å²) < 4.78 is 69.7. The molecule has 0 saturated heterocycles. The molecule has 1 aliphatic heterocycles. The number of amides is 3. The van der Waals surface area contributed by atoms with Gasteiger partial charge in [-0.1, -0.05) is 11.6 Å². The highest BCUT2D eigenvalue weighted by Gasteiger charge is 2.36. The van der Waals surface area contributed by atoms with E-state index in [0.29, 0.717) is 12.1 Å². The van der Waals surface area contributed by atoms with Crippen molar-refractivity contribution in [2.75, 3.05) is 5.32 Å². The predicted molar refractivity (Wildman–Crippen MR) is 147 cm³/mol. The number of anilines is 1. The number of carbonyl (C=O) groups is 3. The summed E-state index contributed by atoms with van der Waals surface area (Å²) >= 11 is 6.33. The summed E-state index contributed by atoms with van der Waals surface area (Å²) in [5.74, 6) is -4.72. The van der Waals surface area contributed by atoms with Crippen LogP contribution in [0.1, 0.15) is 53.9 Å². The molecular weight excluding hydrogens is 611 g/mol. The summed E-state index contributed by atoms with van der Waals surface area (Å²) in [6.45, 7) is 0. The third-order valence-electron chi connectivity index (χ3n) is 6.98. The molecule has 9 nitrogen and oxygen atoms in total. The van der Waals surface area contributed by atoms with Crippen molar-refractivity contribution in [3.05, 3.63) is 117 Å². The van der Waals surface area contributed by atoms with Crippen LogP contribution in [0.15, 0.2) is 67.0 Å². The summed E-state index contributed by atoms with van der Waals surface area (Å²) in [7, 11) is 0. The lowest BCUT2D eigenvalue weighted by molar-refractivity contribution is -0.137. The second kappa shape index (κ2) is 10.4. The second-order valence-electron chi connectivity index (χ2n) is 9.73. The number of carbonyl (C=O) groups excluding carboxylic acids is 3. The first-order chi connectivity index (χ1) is 20.8. The number of nitrogens with zero attached hydrogens (tertiary/aromatic N) is 3. The number of nitrogens with two attached hydrogens (primary N) is 1. The third kappa shape index (κ3) is 4.98. The molecule has 3 amide bonds. The van der Waals surface area contributed by atoms with Gasteiger partial charge >= 0.3 is 6.18 Å². The maximum atomic E-state index is 14.3. The van der Waals surface area contributed by atoms with E-state index >= 15 is 0 Å². The molecule has 3 heterocycles. The van der Waals surface area contributed by atoms with E-state index in [0.717, 1.165) is 12.1 Å². The molecule has 1 aliphatic rings. The number of nitrogens with one attached hydrogen (secondary N) is 2. The average molecular weight is 627 g/mol. The smallest absolute Gasteiger partial charge is 0.364 e. The van der Waals surface area contributed by atoms with E-state index < -0.39 is 52.7 Å². The van der Waals surface area contributed by atoms with Gasteiger partial charge in [-0.3, -0.25) is 14.4 Å². The van der Waals surface area contributed by atoms with Crippen LogP contribution in [0.2, 0.25) is 5.02 Å². The Morgan fingerprint density at radius 3 is 2.48 bits per heavy atom. The van der Waals surface area contributed by atoms with Gasteiger partial charge in [0.05, 0.1) is 11.6 Å². The van der Waals surface area contributed by atoms with Gasteiger partial charge in [0.2, 0.25) is 0 Å². The minimum Gasteiger partial charge on any atom is -0.364 e. The molecule has 4 N–H and O–H groups in total. The molecule has 222 valence electrons. The van der Waals surface area contributed by atoms with Gasteiger partial charge in [-0.25, -0.2) is 18.3 Å². The largest absolute Gasteiger partial charge is 0.416 e. The standard InChI is InChI=1S/C29H16ClF5N6O3/c30-20-3-1-15(31)10-18(20)24-23-19(28(44)40-24)7-12(17-2-4-22-37-11-38-41(22)25(17)26(36)42)8-21(23)39-27(43)13-5-14(29(33,34)35)9-16(32)6-13/h1-11,24H,(H2,36,42)(H,39,43)(H,40,44). The van der Waals surface area contributed by atoms with Crippen molar-refractivity contribution >= 4 is 40.7 Å². The molecule has 0 aliphatic carbocycles. The Kier molecular flexibility index (Phi) is 6.80. The third-order valence-corrected chi connectivity index (χ3v) is 7.32. The number of aromatic nitrogens is 3. The van der Waals surface area contributed by atoms with Crippen molar-refractivity contribution in [2.45, 2.75) is 12.2 Å². The molecule has 1 unspecified atom stereocenters. The topological polar surface area (TPSA) is 131 Å². The Balaban J connectivity index is 1.56. The normalized spacial score (nSPS) is 14.4. The van der Waals surface area contributed by atoms with Gasteiger partial charge in [0.15, 0.2) is 5.65 Å². The molecule has 6 rings (SSSR count). The van der Waals surface area contributed by atoms with Crippen LogP contribution in [-0.4, -0.2) is 32.3 Å². The molecule has 44 heavy (non-hydrogen) atoms. The monoisotopic (exact) mass is 626 g/mol. The molecule has 3 aromatic carbocycles. The number of hydrogen-bond donors (Lipinski definition) is 3. The van der Waals surface area contributed by atoms with Crippen molar-refractivity contribution in [1.82, 2.24) is 19.9 Å². The molecule has 1 atom stereocenters. The van der Waals surface area contributed by atoms with Crippen molar-refractivity contribution in [3.63, 3.8) is 0 Å². The van der Waals surface area contributed by atoms with Gasteiger partial charge in [0.25, 0.3) is 17.7 Å². The minimum absolute atomic E-state index is 0.0348. The first kappa shape index (κ1) is 28.7. The maximum absolute atomic E-state index is 14.3. The molecule has 15 heteroatoms. The first-order valence-corrected chi connectivity index (χ1v) is 13.0. The highest BCUT2D eigenvalue weighted by Crippen LogP contribution is 2.42. The first-order valence-electron chi connectivity index (χ1n) is 12.6. The summed E-state index contributed by atoms with van der Waals surface area (Å²) in [4.78, 5) is 43.1. The zero-order valence-electron chi connectivity index (χ0n) is 21.8. The number of halogens is 6. The maximum Gasteiger partial charge on any atom is 0.416 e. The van der Waals surface area contributed by atoms with E-state index in [2.05, 4.69) is 20.7 Å². The number of rotatable bonds is 5. The number of pyridine rings is 1. The molecular formula is C29H16ClF5N6O3. The summed E-state index contributed by atoms with van der Waals surface area (Å²) in [5.41, 5.74) is 4.13. The molecule has 2 aromatic heterocycles. The molecule has 0 bridgehead atoms. The van der Waals surface area contributed by atoms with Crippen LogP contribution in [-0.2, 0) is 6.18 Å². The van der Waals surface area contributed by atoms with E-state index in [1.165, 1.54) is 41.2 Å². The molecule has 5 aromatic rings. The number of fused-ring (bicyclic) bond motifs is 2. The van der Waals surface area contributed by atoms with Crippen LogP contribution in [0.4, 0.5) is 27.6 Å². The fourth-order valence-electron chi connectivity index (χ4n) is 5.10. The number of alkyl halides is 3. The molecule has 0 saturated carbocycles. The van der Waals surface area contributed by atoms with Crippen LogP contribution in [0.25, 0.3) is 16.8 Å². The van der Waals surface area contributed by atoms with E-state index in [4.69, 9.17) is 17.3 Å². The van der Waals surface area contributed by atoms with Crippen molar-refractivity contribution in [2.24, 2.45) is 5.73 Å². The summed E-state index contributed by atoms with van der Waals surface area (Å²) in [6, 6.07) is 9.38. The van der Waals surface area contributed by atoms with Crippen molar-refractivity contribution < 1.29 is 36.3 Å². The zero-order valence-corrected chi connectivity index (χ0v) is 22.6. The van der Waals surface area contributed by atoms with Crippen LogP contribution in [0, 0.1) is 11.6 Å². The Morgan fingerprint density at radius 1 is 0.977 bits per heavy atom. The number of benzene rings is 3. The van der Waals surface area contributed by atoms with Gasteiger partial charge in [0, 0.05) is 38.5 Å². The molecule has 0 spiro atoms. The Labute approximate surface area is 248 Å². The zero-order chi connectivity index (χ0) is 31.5. The molecule has 0 radical (unpaired) electrons. The Bertz CT molecular complexity index is 2040. The number of primary amides is 1.